The summed E-state index contributed by atoms with van der Waals surface area (Å²) < 4.78 is 0. The van der Waals surface area contributed by atoms with E-state index in [0.29, 0.717) is 11.3 Å². The summed E-state index contributed by atoms with van der Waals surface area (Å²) in [5.41, 5.74) is 7.99. The van der Waals surface area contributed by atoms with Crippen molar-refractivity contribution in [3.05, 3.63) is 54.1 Å². The van der Waals surface area contributed by atoms with E-state index in [2.05, 4.69) is 6.07 Å². The molecule has 1 aliphatic rings. The number of hydrogen-bond acceptors (Lipinski definition) is 3. The van der Waals surface area contributed by atoms with Gasteiger partial charge in [-0.2, -0.15) is 0 Å². The Kier molecular flexibility index (Phi) is 3.17. The minimum atomic E-state index is 0.0139. The molecule has 2 aromatic rings. The van der Waals surface area contributed by atoms with Crippen LogP contribution in [0.1, 0.15) is 10.4 Å². The van der Waals surface area contributed by atoms with Crippen molar-refractivity contribution in [1.82, 2.24) is 0 Å². The standard InChI is InChI=1S/C15H14N2OS/c16-12-5-3-4-11(10-12)15(18)17-8-9-19-14-7-2-1-6-13(14)17/h1-7,10H,8-9,16H2. The van der Waals surface area contributed by atoms with E-state index in [1.54, 1.807) is 23.9 Å². The SMILES string of the molecule is Nc1cccc(C(=O)N2CCSc3ccccc32)c1. The zero-order chi connectivity index (χ0) is 13.2. The Bertz CT molecular complexity index is 627. The Balaban J connectivity index is 1.98. The third-order valence-corrected chi connectivity index (χ3v) is 4.15. The molecule has 0 unspecified atom stereocenters. The molecular formula is C15H14N2OS. The van der Waals surface area contributed by atoms with E-state index < -0.39 is 0 Å². The highest BCUT2D eigenvalue weighted by molar-refractivity contribution is 7.99. The van der Waals surface area contributed by atoms with Crippen molar-refractivity contribution in [3.63, 3.8) is 0 Å². The largest absolute Gasteiger partial charge is 0.399 e. The molecule has 2 N–H and O–H groups in total. The lowest BCUT2D eigenvalue weighted by atomic mass is 10.1. The van der Waals surface area contributed by atoms with Crippen LogP contribution in [0, 0.1) is 0 Å². The summed E-state index contributed by atoms with van der Waals surface area (Å²) in [5, 5.41) is 0. The van der Waals surface area contributed by atoms with E-state index in [4.69, 9.17) is 5.73 Å². The van der Waals surface area contributed by atoms with E-state index in [1.165, 1.54) is 0 Å². The third kappa shape index (κ3) is 2.31. The van der Waals surface area contributed by atoms with Crippen molar-refractivity contribution >= 4 is 29.0 Å². The number of nitrogen functional groups attached to an aromatic ring is 1. The van der Waals surface area contributed by atoms with Crippen LogP contribution < -0.4 is 10.6 Å². The molecule has 3 nitrogen and oxygen atoms in total. The molecule has 19 heavy (non-hydrogen) atoms. The van der Waals surface area contributed by atoms with Crippen molar-refractivity contribution in [2.45, 2.75) is 4.90 Å². The van der Waals surface area contributed by atoms with Gasteiger partial charge in [0.2, 0.25) is 0 Å². The lowest BCUT2D eigenvalue weighted by Crippen LogP contribution is -2.35. The number of carbonyl (C=O) groups excluding carboxylic acids is 1. The van der Waals surface area contributed by atoms with Crippen molar-refractivity contribution in [2.24, 2.45) is 0 Å². The average Bonchev–Trinajstić information content (AvgIpc) is 2.46. The molecule has 0 atom stereocenters. The average molecular weight is 270 g/mol. The summed E-state index contributed by atoms with van der Waals surface area (Å²) in [7, 11) is 0. The normalized spacial score (nSPS) is 14.0. The van der Waals surface area contributed by atoms with E-state index in [-0.39, 0.29) is 5.91 Å². The van der Waals surface area contributed by atoms with Gasteiger partial charge in [-0.3, -0.25) is 4.79 Å². The van der Waals surface area contributed by atoms with Crippen molar-refractivity contribution in [3.8, 4) is 0 Å². The zero-order valence-corrected chi connectivity index (χ0v) is 11.2. The van der Waals surface area contributed by atoms with Gasteiger partial charge in [-0.25, -0.2) is 0 Å². The van der Waals surface area contributed by atoms with Crippen LogP contribution in [0.25, 0.3) is 0 Å². The van der Waals surface area contributed by atoms with Crippen LogP contribution in [0.2, 0.25) is 0 Å². The number of carbonyl (C=O) groups is 1. The maximum absolute atomic E-state index is 12.6. The molecule has 0 spiro atoms. The third-order valence-electron chi connectivity index (χ3n) is 3.11. The number of nitrogens with zero attached hydrogens (tertiary/aromatic N) is 1. The molecule has 0 radical (unpaired) electrons. The lowest BCUT2D eigenvalue weighted by Gasteiger charge is -2.29. The summed E-state index contributed by atoms with van der Waals surface area (Å²) in [6.45, 7) is 0.731. The van der Waals surface area contributed by atoms with Crippen LogP contribution in [0.5, 0.6) is 0 Å². The van der Waals surface area contributed by atoms with E-state index in [0.717, 1.165) is 22.9 Å². The number of anilines is 2. The van der Waals surface area contributed by atoms with E-state index in [9.17, 15) is 4.79 Å². The van der Waals surface area contributed by atoms with Crippen molar-refractivity contribution < 1.29 is 4.79 Å². The number of benzene rings is 2. The molecular weight excluding hydrogens is 256 g/mol. The number of hydrogen-bond donors (Lipinski definition) is 1. The maximum atomic E-state index is 12.6. The maximum Gasteiger partial charge on any atom is 0.258 e. The Morgan fingerprint density at radius 3 is 2.84 bits per heavy atom. The van der Waals surface area contributed by atoms with E-state index in [1.807, 2.05) is 35.2 Å². The Labute approximate surface area is 116 Å². The van der Waals surface area contributed by atoms with Crippen molar-refractivity contribution in [2.75, 3.05) is 22.9 Å². The smallest absolute Gasteiger partial charge is 0.258 e. The molecule has 1 heterocycles. The summed E-state index contributed by atoms with van der Waals surface area (Å²) in [4.78, 5) is 15.6. The number of amides is 1. The van der Waals surface area contributed by atoms with Crippen LogP contribution in [0.4, 0.5) is 11.4 Å². The summed E-state index contributed by atoms with van der Waals surface area (Å²) in [6.07, 6.45) is 0. The quantitative estimate of drug-likeness (QED) is 0.810. The fourth-order valence-corrected chi connectivity index (χ4v) is 3.20. The molecule has 0 fully saturated rings. The lowest BCUT2D eigenvalue weighted by molar-refractivity contribution is 0.0987. The van der Waals surface area contributed by atoms with Gasteiger partial charge in [0, 0.05) is 28.4 Å². The molecule has 0 aliphatic carbocycles. The first kappa shape index (κ1) is 12.1. The molecule has 0 bridgehead atoms. The number of nitrogens with two attached hydrogens (primary N) is 1. The summed E-state index contributed by atoms with van der Waals surface area (Å²) >= 11 is 1.79. The van der Waals surface area contributed by atoms with Gasteiger partial charge < -0.3 is 10.6 Å². The van der Waals surface area contributed by atoms with Gasteiger partial charge >= 0.3 is 0 Å². The zero-order valence-electron chi connectivity index (χ0n) is 10.4. The molecule has 1 amide bonds. The predicted octanol–water partition coefficient (Wildman–Crippen LogP) is 3.02. The fraction of sp³-hybridized carbons (Fsp3) is 0.133. The molecule has 1 aliphatic heterocycles. The molecule has 0 saturated carbocycles. The number of para-hydroxylation sites is 1. The van der Waals surface area contributed by atoms with Crippen LogP contribution in [0.15, 0.2) is 53.4 Å². The minimum Gasteiger partial charge on any atom is -0.399 e. The Hall–Kier alpha value is -1.94. The summed E-state index contributed by atoms with van der Waals surface area (Å²) in [6, 6.07) is 15.1. The minimum absolute atomic E-state index is 0.0139. The molecule has 4 heteroatoms. The molecule has 96 valence electrons. The molecule has 2 aromatic carbocycles. The van der Waals surface area contributed by atoms with Gasteiger partial charge in [-0.1, -0.05) is 18.2 Å². The number of rotatable bonds is 1. The fourth-order valence-electron chi connectivity index (χ4n) is 2.21. The second kappa shape index (κ2) is 4.97. The monoisotopic (exact) mass is 270 g/mol. The van der Waals surface area contributed by atoms with Crippen LogP contribution in [-0.4, -0.2) is 18.2 Å². The van der Waals surface area contributed by atoms with Gasteiger partial charge in [0.1, 0.15) is 0 Å². The van der Waals surface area contributed by atoms with Crippen LogP contribution >= 0.6 is 11.8 Å². The van der Waals surface area contributed by atoms with E-state index >= 15 is 0 Å². The predicted molar refractivity (Wildman–Crippen MR) is 79.7 cm³/mol. The van der Waals surface area contributed by atoms with Crippen LogP contribution in [0.3, 0.4) is 0 Å². The van der Waals surface area contributed by atoms with Crippen molar-refractivity contribution in [1.29, 1.82) is 0 Å². The Morgan fingerprint density at radius 2 is 2.00 bits per heavy atom. The van der Waals surface area contributed by atoms with Crippen LogP contribution in [-0.2, 0) is 0 Å². The van der Waals surface area contributed by atoms with Gasteiger partial charge in [0.15, 0.2) is 0 Å². The topological polar surface area (TPSA) is 46.3 Å². The highest BCUT2D eigenvalue weighted by Gasteiger charge is 2.23. The second-order valence-electron chi connectivity index (χ2n) is 4.40. The Morgan fingerprint density at radius 1 is 1.16 bits per heavy atom. The molecule has 3 rings (SSSR count). The van der Waals surface area contributed by atoms with Gasteiger partial charge in [-0.15, -0.1) is 11.8 Å². The first-order valence-corrected chi connectivity index (χ1v) is 7.13. The van der Waals surface area contributed by atoms with Gasteiger partial charge in [0.25, 0.3) is 5.91 Å². The number of fused-ring (bicyclic) bond motifs is 1. The van der Waals surface area contributed by atoms with Gasteiger partial charge in [0.05, 0.1) is 5.69 Å². The number of thioether (sulfide) groups is 1. The molecule has 0 saturated heterocycles. The first-order valence-electron chi connectivity index (χ1n) is 6.15. The highest BCUT2D eigenvalue weighted by Crippen LogP contribution is 2.35. The summed E-state index contributed by atoms with van der Waals surface area (Å²) in [5.74, 6) is 0.936. The molecule has 0 aromatic heterocycles. The first-order chi connectivity index (χ1) is 9.25. The van der Waals surface area contributed by atoms with Gasteiger partial charge in [-0.05, 0) is 30.3 Å². The highest BCUT2D eigenvalue weighted by atomic mass is 32.2. The second-order valence-corrected chi connectivity index (χ2v) is 5.54.